The van der Waals surface area contributed by atoms with Crippen molar-refractivity contribution in [2.75, 3.05) is 5.73 Å². The van der Waals surface area contributed by atoms with Gasteiger partial charge in [0, 0.05) is 22.3 Å². The van der Waals surface area contributed by atoms with Gasteiger partial charge in [0.2, 0.25) is 0 Å². The molecule has 0 aliphatic rings. The highest BCUT2D eigenvalue weighted by Gasteiger charge is 2.03. The molecule has 0 saturated carbocycles. The van der Waals surface area contributed by atoms with Crippen molar-refractivity contribution in [2.24, 2.45) is 0 Å². The van der Waals surface area contributed by atoms with E-state index in [9.17, 15) is 8.78 Å². The lowest BCUT2D eigenvalue weighted by Crippen LogP contribution is -1.98. The number of rotatable bonds is 3. The van der Waals surface area contributed by atoms with Gasteiger partial charge in [-0.1, -0.05) is 15.9 Å². The number of hydrogen-bond donors (Lipinski definition) is 1. The van der Waals surface area contributed by atoms with Crippen LogP contribution in [0.15, 0.2) is 40.9 Å². The lowest BCUT2D eigenvalue weighted by Gasteiger charge is -2.08. The maximum atomic E-state index is 13.0. The molecule has 0 bridgehead atoms. The van der Waals surface area contributed by atoms with Crippen molar-refractivity contribution in [3.63, 3.8) is 0 Å². The average Bonchev–Trinajstić information content (AvgIpc) is 2.23. The van der Waals surface area contributed by atoms with Gasteiger partial charge in [-0.05, 0) is 29.8 Å². The van der Waals surface area contributed by atoms with Gasteiger partial charge in [-0.3, -0.25) is 0 Å². The second-order valence-electron chi connectivity index (χ2n) is 3.79. The largest absolute Gasteiger partial charge is 0.489 e. The third kappa shape index (κ3) is 3.43. The zero-order valence-corrected chi connectivity index (χ0v) is 10.9. The fourth-order valence-electron chi connectivity index (χ4n) is 1.53. The van der Waals surface area contributed by atoms with Crippen LogP contribution in [0.3, 0.4) is 0 Å². The van der Waals surface area contributed by atoms with Gasteiger partial charge in [-0.25, -0.2) is 8.78 Å². The van der Waals surface area contributed by atoms with Crippen LogP contribution in [0.5, 0.6) is 5.75 Å². The molecule has 2 aromatic carbocycles. The molecule has 0 radical (unpaired) electrons. The smallest absolute Gasteiger partial charge is 0.126 e. The second kappa shape index (κ2) is 5.35. The molecule has 0 spiro atoms. The van der Waals surface area contributed by atoms with E-state index in [1.54, 1.807) is 18.2 Å². The number of halogens is 3. The van der Waals surface area contributed by atoms with E-state index >= 15 is 0 Å². The Morgan fingerprint density at radius 1 is 1.00 bits per heavy atom. The summed E-state index contributed by atoms with van der Waals surface area (Å²) in [6.45, 7) is 0.0740. The third-order valence-corrected chi connectivity index (χ3v) is 2.68. The zero-order chi connectivity index (χ0) is 13.1. The summed E-state index contributed by atoms with van der Waals surface area (Å²) in [5.74, 6) is -0.712. The van der Waals surface area contributed by atoms with Gasteiger partial charge in [0.1, 0.15) is 24.0 Å². The minimum atomic E-state index is -0.623. The van der Waals surface area contributed by atoms with E-state index in [-0.39, 0.29) is 6.61 Å². The van der Waals surface area contributed by atoms with E-state index in [2.05, 4.69) is 15.9 Å². The van der Waals surface area contributed by atoms with Crippen molar-refractivity contribution in [3.8, 4) is 5.75 Å². The molecule has 18 heavy (non-hydrogen) atoms. The fraction of sp³-hybridized carbons (Fsp3) is 0.0769. The number of hydrogen-bond acceptors (Lipinski definition) is 2. The Morgan fingerprint density at radius 3 is 2.28 bits per heavy atom. The van der Waals surface area contributed by atoms with Crippen molar-refractivity contribution >= 4 is 21.6 Å². The summed E-state index contributed by atoms with van der Waals surface area (Å²) in [5.41, 5.74) is 6.61. The molecule has 94 valence electrons. The minimum Gasteiger partial charge on any atom is -0.489 e. The van der Waals surface area contributed by atoms with Crippen LogP contribution >= 0.6 is 15.9 Å². The van der Waals surface area contributed by atoms with Gasteiger partial charge < -0.3 is 10.5 Å². The molecule has 0 aliphatic heterocycles. The Kier molecular flexibility index (Phi) is 3.81. The SMILES string of the molecule is Nc1cc(Br)cc(OCc2cc(F)cc(F)c2)c1. The molecule has 0 heterocycles. The quantitative estimate of drug-likeness (QED) is 0.873. The second-order valence-corrected chi connectivity index (χ2v) is 4.70. The van der Waals surface area contributed by atoms with Crippen LogP contribution in [0, 0.1) is 11.6 Å². The molecule has 0 amide bonds. The number of nitrogens with two attached hydrogens (primary N) is 1. The predicted octanol–water partition coefficient (Wildman–Crippen LogP) is 3.89. The molecule has 0 aliphatic carbocycles. The Bertz CT molecular complexity index is 483. The monoisotopic (exact) mass is 313 g/mol. The van der Waals surface area contributed by atoms with Crippen molar-refractivity contribution < 1.29 is 13.5 Å². The van der Waals surface area contributed by atoms with E-state index in [4.69, 9.17) is 10.5 Å². The number of benzene rings is 2. The average molecular weight is 314 g/mol. The van der Waals surface area contributed by atoms with Crippen LogP contribution in [-0.2, 0) is 6.61 Å². The van der Waals surface area contributed by atoms with Crippen LogP contribution in [0.1, 0.15) is 5.56 Å². The molecule has 2 aromatic rings. The Labute approximate surface area is 112 Å². The summed E-state index contributed by atoms with van der Waals surface area (Å²) in [6.07, 6.45) is 0. The highest BCUT2D eigenvalue weighted by atomic mass is 79.9. The lowest BCUT2D eigenvalue weighted by atomic mass is 10.2. The molecule has 0 atom stereocenters. The van der Waals surface area contributed by atoms with E-state index in [1.807, 2.05) is 0 Å². The highest BCUT2D eigenvalue weighted by molar-refractivity contribution is 9.10. The van der Waals surface area contributed by atoms with E-state index in [0.717, 1.165) is 10.5 Å². The van der Waals surface area contributed by atoms with Crippen molar-refractivity contribution in [3.05, 3.63) is 58.1 Å². The van der Waals surface area contributed by atoms with Gasteiger partial charge in [-0.15, -0.1) is 0 Å². The van der Waals surface area contributed by atoms with Gasteiger partial charge in [0.25, 0.3) is 0 Å². The van der Waals surface area contributed by atoms with Crippen molar-refractivity contribution in [2.45, 2.75) is 6.61 Å². The van der Waals surface area contributed by atoms with E-state index < -0.39 is 11.6 Å². The summed E-state index contributed by atoms with van der Waals surface area (Å²) in [6, 6.07) is 8.37. The zero-order valence-electron chi connectivity index (χ0n) is 9.29. The first-order chi connectivity index (χ1) is 8.52. The van der Waals surface area contributed by atoms with Crippen LogP contribution in [-0.4, -0.2) is 0 Å². The maximum absolute atomic E-state index is 13.0. The molecule has 5 heteroatoms. The first-order valence-electron chi connectivity index (χ1n) is 5.17. The Morgan fingerprint density at radius 2 is 1.67 bits per heavy atom. The molecular formula is C13H10BrF2NO. The predicted molar refractivity (Wildman–Crippen MR) is 69.2 cm³/mol. The molecule has 2 rings (SSSR count). The van der Waals surface area contributed by atoms with Gasteiger partial charge >= 0.3 is 0 Å². The molecule has 0 aromatic heterocycles. The van der Waals surface area contributed by atoms with E-state index in [1.165, 1.54) is 12.1 Å². The third-order valence-electron chi connectivity index (χ3n) is 2.22. The summed E-state index contributed by atoms with van der Waals surface area (Å²) in [7, 11) is 0. The summed E-state index contributed by atoms with van der Waals surface area (Å²) >= 11 is 3.28. The molecule has 0 fully saturated rings. The molecule has 0 unspecified atom stereocenters. The van der Waals surface area contributed by atoms with Crippen LogP contribution < -0.4 is 10.5 Å². The lowest BCUT2D eigenvalue weighted by molar-refractivity contribution is 0.305. The maximum Gasteiger partial charge on any atom is 0.126 e. The topological polar surface area (TPSA) is 35.2 Å². The van der Waals surface area contributed by atoms with Crippen LogP contribution in [0.2, 0.25) is 0 Å². The molecule has 0 saturated heterocycles. The van der Waals surface area contributed by atoms with Gasteiger partial charge in [-0.2, -0.15) is 0 Å². The highest BCUT2D eigenvalue weighted by Crippen LogP contribution is 2.23. The fourth-order valence-corrected chi connectivity index (χ4v) is 2.02. The normalized spacial score (nSPS) is 10.4. The first-order valence-corrected chi connectivity index (χ1v) is 5.96. The van der Waals surface area contributed by atoms with E-state index in [0.29, 0.717) is 17.0 Å². The molecule has 2 N–H and O–H groups in total. The molecule has 2 nitrogen and oxygen atoms in total. The summed E-state index contributed by atoms with van der Waals surface area (Å²) in [4.78, 5) is 0. The Balaban J connectivity index is 2.11. The van der Waals surface area contributed by atoms with Gasteiger partial charge in [0.05, 0.1) is 0 Å². The van der Waals surface area contributed by atoms with Gasteiger partial charge in [0.15, 0.2) is 0 Å². The summed E-state index contributed by atoms with van der Waals surface area (Å²) < 4.78 is 32.1. The van der Waals surface area contributed by atoms with Crippen molar-refractivity contribution in [1.82, 2.24) is 0 Å². The minimum absolute atomic E-state index is 0.0740. The Hall–Kier alpha value is -1.62. The molecular weight excluding hydrogens is 304 g/mol. The first kappa shape index (κ1) is 12.8. The number of ether oxygens (including phenoxy) is 1. The summed E-state index contributed by atoms with van der Waals surface area (Å²) in [5, 5.41) is 0. The van der Waals surface area contributed by atoms with Crippen LogP contribution in [0.4, 0.5) is 14.5 Å². The number of nitrogen functional groups attached to an aromatic ring is 1. The van der Waals surface area contributed by atoms with Crippen LogP contribution in [0.25, 0.3) is 0 Å². The standard InChI is InChI=1S/C13H10BrF2NO/c14-9-3-12(17)6-13(4-9)18-7-8-1-10(15)5-11(16)2-8/h1-6H,7,17H2. The number of anilines is 1. The van der Waals surface area contributed by atoms with Crippen molar-refractivity contribution in [1.29, 1.82) is 0 Å².